The van der Waals surface area contributed by atoms with E-state index in [9.17, 15) is 0 Å². The van der Waals surface area contributed by atoms with Gasteiger partial charge in [-0.3, -0.25) is 0 Å². The van der Waals surface area contributed by atoms with E-state index in [4.69, 9.17) is 39.5 Å². The van der Waals surface area contributed by atoms with E-state index in [0.717, 1.165) is 10.2 Å². The molecule has 1 unspecified atom stereocenters. The smallest absolute Gasteiger partial charge is 0.138 e. The van der Waals surface area contributed by atoms with Gasteiger partial charge in [-0.05, 0) is 59.3 Å². The molecule has 6 heteroatoms. The third kappa shape index (κ3) is 4.96. The molecule has 0 spiro atoms. The fourth-order valence-electron chi connectivity index (χ4n) is 1.70. The minimum absolute atomic E-state index is 0.0638. The first-order valence-electron chi connectivity index (χ1n) is 6.26. The minimum atomic E-state index is -0.0638. The van der Waals surface area contributed by atoms with Crippen LogP contribution in [0.4, 0.5) is 5.69 Å². The maximum absolute atomic E-state index is 6.08. The van der Waals surface area contributed by atoms with Crippen LogP contribution in [0.2, 0.25) is 15.1 Å². The van der Waals surface area contributed by atoms with Crippen LogP contribution >= 0.6 is 50.7 Å². The van der Waals surface area contributed by atoms with E-state index in [0.29, 0.717) is 27.4 Å². The van der Waals surface area contributed by atoms with Crippen LogP contribution in [0.15, 0.2) is 40.9 Å². The molecule has 2 aromatic carbocycles. The van der Waals surface area contributed by atoms with Crippen molar-refractivity contribution in [1.29, 1.82) is 0 Å². The largest absolute Gasteiger partial charge is 0.487 e. The fraction of sp³-hybridized carbons (Fsp3) is 0.200. The molecule has 2 rings (SSSR count). The molecular weight excluding hydrogens is 396 g/mol. The van der Waals surface area contributed by atoms with E-state index in [2.05, 4.69) is 21.2 Å². The van der Waals surface area contributed by atoms with Gasteiger partial charge in [-0.2, -0.15) is 0 Å². The predicted octanol–water partition coefficient (Wildman–Crippen LogP) is 6.29. The Morgan fingerprint density at radius 3 is 2.52 bits per heavy atom. The van der Waals surface area contributed by atoms with Gasteiger partial charge in [-0.25, -0.2) is 0 Å². The van der Waals surface area contributed by atoms with Crippen molar-refractivity contribution in [3.63, 3.8) is 0 Å². The van der Waals surface area contributed by atoms with Gasteiger partial charge in [-0.15, -0.1) is 0 Å². The zero-order chi connectivity index (χ0) is 15.4. The second kappa shape index (κ2) is 7.59. The van der Waals surface area contributed by atoms with Crippen LogP contribution in [0.1, 0.15) is 6.92 Å². The van der Waals surface area contributed by atoms with Crippen LogP contribution in [0.3, 0.4) is 0 Å². The lowest BCUT2D eigenvalue weighted by Gasteiger charge is -2.17. The lowest BCUT2D eigenvalue weighted by atomic mass is 10.3. The van der Waals surface area contributed by atoms with Gasteiger partial charge >= 0.3 is 0 Å². The van der Waals surface area contributed by atoms with Crippen molar-refractivity contribution in [3.8, 4) is 5.75 Å². The Bertz CT molecular complexity index is 636. The Balaban J connectivity index is 1.92. The number of hydrogen-bond donors (Lipinski definition) is 1. The SMILES string of the molecule is CC(CNc1ccc(Br)c(Cl)c1)Oc1ccc(Cl)cc1Cl. The van der Waals surface area contributed by atoms with E-state index in [1.807, 2.05) is 25.1 Å². The number of rotatable bonds is 5. The van der Waals surface area contributed by atoms with Crippen molar-refractivity contribution in [1.82, 2.24) is 0 Å². The molecule has 0 heterocycles. The summed E-state index contributed by atoms with van der Waals surface area (Å²) in [6, 6.07) is 10.9. The van der Waals surface area contributed by atoms with Gasteiger partial charge in [0.2, 0.25) is 0 Å². The summed E-state index contributed by atoms with van der Waals surface area (Å²) in [5.41, 5.74) is 0.931. The molecule has 2 aromatic rings. The summed E-state index contributed by atoms with van der Waals surface area (Å²) < 4.78 is 6.65. The van der Waals surface area contributed by atoms with Crippen molar-refractivity contribution < 1.29 is 4.74 Å². The maximum Gasteiger partial charge on any atom is 0.138 e. The molecule has 21 heavy (non-hydrogen) atoms. The van der Waals surface area contributed by atoms with E-state index >= 15 is 0 Å². The van der Waals surface area contributed by atoms with Gasteiger partial charge in [0.05, 0.1) is 16.6 Å². The maximum atomic E-state index is 6.08. The van der Waals surface area contributed by atoms with Gasteiger partial charge < -0.3 is 10.1 Å². The number of anilines is 1. The third-order valence-electron chi connectivity index (χ3n) is 2.74. The number of ether oxygens (including phenoxy) is 1. The summed E-state index contributed by atoms with van der Waals surface area (Å²) in [5, 5.41) is 5.01. The first kappa shape index (κ1) is 16.8. The summed E-state index contributed by atoms with van der Waals surface area (Å²) in [4.78, 5) is 0. The summed E-state index contributed by atoms with van der Waals surface area (Å²) >= 11 is 21.3. The molecule has 0 bridgehead atoms. The highest BCUT2D eigenvalue weighted by Gasteiger charge is 2.08. The highest BCUT2D eigenvalue weighted by Crippen LogP contribution is 2.29. The Hall–Kier alpha value is -0.610. The number of hydrogen-bond acceptors (Lipinski definition) is 2. The highest BCUT2D eigenvalue weighted by molar-refractivity contribution is 9.10. The molecule has 1 N–H and O–H groups in total. The van der Waals surface area contributed by atoms with Crippen LogP contribution in [0, 0.1) is 0 Å². The molecule has 2 nitrogen and oxygen atoms in total. The zero-order valence-electron chi connectivity index (χ0n) is 11.2. The van der Waals surface area contributed by atoms with Crippen molar-refractivity contribution in [3.05, 3.63) is 55.9 Å². The Morgan fingerprint density at radius 2 is 1.86 bits per heavy atom. The van der Waals surface area contributed by atoms with Gasteiger partial charge in [0.1, 0.15) is 11.9 Å². The second-order valence-electron chi connectivity index (χ2n) is 4.51. The van der Waals surface area contributed by atoms with E-state index in [1.165, 1.54) is 0 Å². The number of benzene rings is 2. The molecule has 0 amide bonds. The average Bonchev–Trinajstić information content (AvgIpc) is 2.43. The Labute approximate surface area is 147 Å². The van der Waals surface area contributed by atoms with E-state index < -0.39 is 0 Å². The van der Waals surface area contributed by atoms with Crippen molar-refractivity contribution >= 4 is 56.4 Å². The predicted molar refractivity (Wildman–Crippen MR) is 94.2 cm³/mol. The lowest BCUT2D eigenvalue weighted by molar-refractivity contribution is 0.235. The summed E-state index contributed by atoms with van der Waals surface area (Å²) in [6.07, 6.45) is -0.0638. The molecule has 0 aliphatic carbocycles. The molecule has 1 atom stereocenters. The second-order valence-corrected chi connectivity index (χ2v) is 6.62. The topological polar surface area (TPSA) is 21.3 Å². The van der Waals surface area contributed by atoms with Crippen LogP contribution < -0.4 is 10.1 Å². The van der Waals surface area contributed by atoms with Crippen molar-refractivity contribution in [2.45, 2.75) is 13.0 Å². The van der Waals surface area contributed by atoms with Gasteiger partial charge in [0.25, 0.3) is 0 Å². The van der Waals surface area contributed by atoms with Crippen LogP contribution in [-0.4, -0.2) is 12.6 Å². The van der Waals surface area contributed by atoms with Crippen LogP contribution in [0.25, 0.3) is 0 Å². The fourth-order valence-corrected chi connectivity index (χ4v) is 2.58. The number of halogens is 4. The molecule has 0 saturated heterocycles. The Kier molecular flexibility index (Phi) is 6.06. The third-order valence-corrected chi connectivity index (χ3v) is 4.50. The molecular formula is C15H13BrCl3NO. The first-order valence-corrected chi connectivity index (χ1v) is 8.19. The van der Waals surface area contributed by atoms with Crippen LogP contribution in [-0.2, 0) is 0 Å². The van der Waals surface area contributed by atoms with Crippen molar-refractivity contribution in [2.75, 3.05) is 11.9 Å². The van der Waals surface area contributed by atoms with Gasteiger partial charge in [-0.1, -0.05) is 34.8 Å². The first-order chi connectivity index (χ1) is 9.95. The quantitative estimate of drug-likeness (QED) is 0.627. The summed E-state index contributed by atoms with van der Waals surface area (Å²) in [6.45, 7) is 2.58. The molecule has 0 radical (unpaired) electrons. The normalized spacial score (nSPS) is 12.0. The number of nitrogens with one attached hydrogen (secondary N) is 1. The lowest BCUT2D eigenvalue weighted by Crippen LogP contribution is -2.22. The van der Waals surface area contributed by atoms with Crippen LogP contribution in [0.5, 0.6) is 5.75 Å². The summed E-state index contributed by atoms with van der Waals surface area (Å²) in [7, 11) is 0. The molecule has 112 valence electrons. The molecule has 0 fully saturated rings. The standard InChI is InChI=1S/C15H13BrCl3NO/c1-9(21-15-5-2-10(17)6-14(15)19)8-20-11-3-4-12(16)13(18)7-11/h2-7,9,20H,8H2,1H3. The Morgan fingerprint density at radius 1 is 1.10 bits per heavy atom. The molecule has 0 aliphatic rings. The highest BCUT2D eigenvalue weighted by atomic mass is 79.9. The van der Waals surface area contributed by atoms with Gasteiger partial charge in [0, 0.05) is 15.2 Å². The molecule has 0 aliphatic heterocycles. The zero-order valence-corrected chi connectivity index (χ0v) is 15.0. The van der Waals surface area contributed by atoms with Gasteiger partial charge in [0.15, 0.2) is 0 Å². The van der Waals surface area contributed by atoms with E-state index in [-0.39, 0.29) is 6.10 Å². The summed E-state index contributed by atoms with van der Waals surface area (Å²) in [5.74, 6) is 0.615. The van der Waals surface area contributed by atoms with E-state index in [1.54, 1.807) is 18.2 Å². The minimum Gasteiger partial charge on any atom is -0.487 e. The molecule has 0 saturated carbocycles. The van der Waals surface area contributed by atoms with Crippen molar-refractivity contribution in [2.24, 2.45) is 0 Å². The molecule has 0 aromatic heterocycles. The monoisotopic (exact) mass is 407 g/mol. The average molecular weight is 410 g/mol.